The van der Waals surface area contributed by atoms with Crippen LogP contribution in [0.25, 0.3) is 0 Å². The molecule has 1 heterocycles. The van der Waals surface area contributed by atoms with Crippen molar-refractivity contribution in [2.24, 2.45) is 5.92 Å². The standard InChI is InChI=1S/C30H45N3O7S/c1-23(2)18-33(41(37,38)27-11-9-25(21-34)10-12-27)19-29(35)28(17-24-7-5-4-6-8-24)31-30(36)20-32(14-16-39-3)26-13-15-40-22-26/h4-12,23,26,28-29,34-35H,13-22H2,1-3H3,(H,31,36)/t26-,28+,29-/m1/s1. The van der Waals surface area contributed by atoms with E-state index in [-0.39, 0.29) is 49.0 Å². The van der Waals surface area contributed by atoms with Crippen LogP contribution in [0.3, 0.4) is 0 Å². The summed E-state index contributed by atoms with van der Waals surface area (Å²) < 4.78 is 39.3. The number of carbonyl (C=O) groups excluding carboxylic acids is 1. The number of methoxy groups -OCH3 is 1. The highest BCUT2D eigenvalue weighted by molar-refractivity contribution is 7.89. The van der Waals surface area contributed by atoms with Crippen LogP contribution in [0.4, 0.5) is 0 Å². The second-order valence-corrected chi connectivity index (χ2v) is 12.9. The minimum absolute atomic E-state index is 0.00109. The first kappa shape index (κ1) is 33.1. The Morgan fingerprint density at radius 3 is 2.39 bits per heavy atom. The van der Waals surface area contributed by atoms with Crippen LogP contribution < -0.4 is 5.32 Å². The van der Waals surface area contributed by atoms with E-state index in [1.165, 1.54) is 16.4 Å². The van der Waals surface area contributed by atoms with Gasteiger partial charge in [-0.05, 0) is 42.0 Å². The van der Waals surface area contributed by atoms with Crippen molar-refractivity contribution in [1.82, 2.24) is 14.5 Å². The van der Waals surface area contributed by atoms with Gasteiger partial charge in [-0.1, -0.05) is 56.3 Å². The minimum atomic E-state index is -3.95. The van der Waals surface area contributed by atoms with E-state index in [4.69, 9.17) is 9.47 Å². The number of hydrogen-bond acceptors (Lipinski definition) is 8. The highest BCUT2D eigenvalue weighted by Gasteiger charge is 2.32. The predicted octanol–water partition coefficient (Wildman–Crippen LogP) is 1.65. The van der Waals surface area contributed by atoms with Crippen LogP contribution >= 0.6 is 0 Å². The van der Waals surface area contributed by atoms with Crippen molar-refractivity contribution in [1.29, 1.82) is 0 Å². The average Bonchev–Trinajstić information content (AvgIpc) is 3.50. The lowest BCUT2D eigenvalue weighted by Gasteiger charge is -2.32. The van der Waals surface area contributed by atoms with Crippen LogP contribution in [0.1, 0.15) is 31.4 Å². The van der Waals surface area contributed by atoms with E-state index < -0.39 is 22.2 Å². The Kier molecular flexibility index (Phi) is 13.2. The number of nitrogens with one attached hydrogen (secondary N) is 1. The van der Waals surface area contributed by atoms with Gasteiger partial charge in [0.15, 0.2) is 0 Å². The van der Waals surface area contributed by atoms with Crippen LogP contribution in [-0.4, -0.2) is 105 Å². The zero-order chi connectivity index (χ0) is 29.8. The van der Waals surface area contributed by atoms with E-state index in [1.807, 2.05) is 49.1 Å². The van der Waals surface area contributed by atoms with Gasteiger partial charge in [-0.3, -0.25) is 9.69 Å². The molecule has 0 radical (unpaired) electrons. The highest BCUT2D eigenvalue weighted by Crippen LogP contribution is 2.20. The maximum absolute atomic E-state index is 13.6. The van der Waals surface area contributed by atoms with Gasteiger partial charge in [-0.25, -0.2) is 8.42 Å². The zero-order valence-corrected chi connectivity index (χ0v) is 25.1. The van der Waals surface area contributed by atoms with Gasteiger partial charge in [0.2, 0.25) is 15.9 Å². The molecular formula is C30H45N3O7S. The van der Waals surface area contributed by atoms with E-state index in [9.17, 15) is 23.4 Å². The van der Waals surface area contributed by atoms with Gasteiger partial charge in [-0.15, -0.1) is 0 Å². The van der Waals surface area contributed by atoms with E-state index >= 15 is 0 Å². The molecular weight excluding hydrogens is 546 g/mol. The second kappa shape index (κ2) is 16.3. The summed E-state index contributed by atoms with van der Waals surface area (Å²) in [5.74, 6) is -0.260. The molecule has 2 aromatic carbocycles. The van der Waals surface area contributed by atoms with Crippen LogP contribution in [0.2, 0.25) is 0 Å². The van der Waals surface area contributed by atoms with E-state index in [0.29, 0.717) is 38.3 Å². The number of sulfonamides is 1. The summed E-state index contributed by atoms with van der Waals surface area (Å²) in [6, 6.07) is 14.9. The van der Waals surface area contributed by atoms with Crippen molar-refractivity contribution in [3.8, 4) is 0 Å². The van der Waals surface area contributed by atoms with E-state index in [0.717, 1.165) is 12.0 Å². The number of carbonyl (C=O) groups is 1. The Bertz CT molecular complexity index is 1160. The maximum Gasteiger partial charge on any atom is 0.243 e. The molecule has 3 N–H and O–H groups in total. The first-order chi connectivity index (χ1) is 19.6. The smallest absolute Gasteiger partial charge is 0.243 e. The summed E-state index contributed by atoms with van der Waals surface area (Å²) in [4.78, 5) is 15.4. The molecule has 1 aliphatic heterocycles. The van der Waals surface area contributed by atoms with Crippen LogP contribution in [0, 0.1) is 5.92 Å². The molecule has 41 heavy (non-hydrogen) atoms. The molecule has 1 aliphatic rings. The van der Waals surface area contributed by atoms with Gasteiger partial charge in [0.05, 0.1) is 43.4 Å². The fourth-order valence-corrected chi connectivity index (χ4v) is 6.55. The second-order valence-electron chi connectivity index (χ2n) is 10.9. The van der Waals surface area contributed by atoms with Crippen LogP contribution in [0.15, 0.2) is 59.5 Å². The Labute approximate surface area is 244 Å². The summed E-state index contributed by atoms with van der Waals surface area (Å²) >= 11 is 0. The first-order valence-corrected chi connectivity index (χ1v) is 15.6. The molecule has 0 saturated carbocycles. The van der Waals surface area contributed by atoms with E-state index in [1.54, 1.807) is 19.2 Å². The van der Waals surface area contributed by atoms with Crippen molar-refractivity contribution in [2.45, 2.75) is 56.4 Å². The van der Waals surface area contributed by atoms with Crippen molar-refractivity contribution in [2.75, 3.05) is 53.1 Å². The fourth-order valence-electron chi connectivity index (χ4n) is 4.93. The van der Waals surface area contributed by atoms with Crippen molar-refractivity contribution in [3.05, 3.63) is 65.7 Å². The number of aliphatic hydroxyl groups excluding tert-OH is 2. The number of benzene rings is 2. The largest absolute Gasteiger partial charge is 0.392 e. The number of amides is 1. The normalized spacial score (nSPS) is 17.3. The number of hydrogen-bond donors (Lipinski definition) is 3. The van der Waals surface area contributed by atoms with Gasteiger partial charge in [0.25, 0.3) is 0 Å². The summed E-state index contributed by atoms with van der Waals surface area (Å²) in [7, 11) is -2.33. The monoisotopic (exact) mass is 591 g/mol. The molecule has 1 amide bonds. The molecule has 0 spiro atoms. The number of nitrogens with zero attached hydrogens (tertiary/aromatic N) is 2. The van der Waals surface area contributed by atoms with Crippen molar-refractivity contribution < 1.29 is 32.9 Å². The summed E-state index contributed by atoms with van der Waals surface area (Å²) in [6.07, 6.45) is -0.0142. The molecule has 1 fully saturated rings. The molecule has 0 bridgehead atoms. The third-order valence-corrected chi connectivity index (χ3v) is 9.01. The topological polar surface area (TPSA) is 129 Å². The lowest BCUT2D eigenvalue weighted by molar-refractivity contribution is -0.124. The lowest BCUT2D eigenvalue weighted by atomic mass is 10.0. The van der Waals surface area contributed by atoms with Gasteiger partial charge >= 0.3 is 0 Å². The Morgan fingerprint density at radius 2 is 1.80 bits per heavy atom. The van der Waals surface area contributed by atoms with Crippen LogP contribution in [-0.2, 0) is 37.3 Å². The average molecular weight is 592 g/mol. The number of ether oxygens (including phenoxy) is 2. The first-order valence-electron chi connectivity index (χ1n) is 14.2. The Hall–Kier alpha value is -2.38. The van der Waals surface area contributed by atoms with Gasteiger partial charge in [0.1, 0.15) is 0 Å². The van der Waals surface area contributed by atoms with Gasteiger partial charge in [0, 0.05) is 39.4 Å². The molecule has 2 aromatic rings. The zero-order valence-electron chi connectivity index (χ0n) is 24.3. The highest BCUT2D eigenvalue weighted by atomic mass is 32.2. The lowest BCUT2D eigenvalue weighted by Crippen LogP contribution is -2.53. The third kappa shape index (κ3) is 10.1. The molecule has 1 saturated heterocycles. The molecule has 0 aromatic heterocycles. The Balaban J connectivity index is 1.81. The molecule has 0 aliphatic carbocycles. The molecule has 10 nitrogen and oxygen atoms in total. The number of rotatable bonds is 17. The van der Waals surface area contributed by atoms with Crippen molar-refractivity contribution in [3.63, 3.8) is 0 Å². The quantitative estimate of drug-likeness (QED) is 0.253. The molecule has 3 atom stereocenters. The van der Waals surface area contributed by atoms with E-state index in [2.05, 4.69) is 5.32 Å². The number of aliphatic hydroxyl groups is 2. The molecule has 228 valence electrons. The minimum Gasteiger partial charge on any atom is -0.392 e. The fraction of sp³-hybridized carbons (Fsp3) is 0.567. The SMILES string of the molecule is COCCN(CC(=O)N[C@@H](Cc1ccccc1)[C@H](O)CN(CC(C)C)S(=O)(=O)c1ccc(CO)cc1)[C@@H]1CCOC1. The van der Waals surface area contributed by atoms with Crippen LogP contribution in [0.5, 0.6) is 0 Å². The molecule has 11 heteroatoms. The molecule has 3 rings (SSSR count). The summed E-state index contributed by atoms with van der Waals surface area (Å²) in [5, 5.41) is 23.8. The molecule has 0 unspecified atom stereocenters. The predicted molar refractivity (Wildman–Crippen MR) is 157 cm³/mol. The maximum atomic E-state index is 13.6. The van der Waals surface area contributed by atoms with Gasteiger partial charge < -0.3 is 25.0 Å². The van der Waals surface area contributed by atoms with Gasteiger partial charge in [-0.2, -0.15) is 4.31 Å². The summed E-state index contributed by atoms with van der Waals surface area (Å²) in [5.41, 5.74) is 1.52. The van der Waals surface area contributed by atoms with Crippen molar-refractivity contribution >= 4 is 15.9 Å². The summed E-state index contributed by atoms with van der Waals surface area (Å²) in [6.45, 7) is 5.99. The third-order valence-electron chi connectivity index (χ3n) is 7.16. The Morgan fingerprint density at radius 1 is 1.10 bits per heavy atom.